The van der Waals surface area contributed by atoms with Crippen molar-refractivity contribution in [2.24, 2.45) is 22.6 Å². The van der Waals surface area contributed by atoms with E-state index in [0.29, 0.717) is 37.2 Å². The minimum atomic E-state index is -0.909. The highest BCUT2D eigenvalue weighted by Gasteiger charge is 2.32. The van der Waals surface area contributed by atoms with E-state index in [2.05, 4.69) is 35.8 Å². The molecule has 1 aliphatic carbocycles. The first kappa shape index (κ1) is 38.2. The highest BCUT2D eigenvalue weighted by Crippen LogP contribution is 2.44. The zero-order chi connectivity index (χ0) is 36.2. The predicted octanol–water partition coefficient (Wildman–Crippen LogP) is 7.05. The summed E-state index contributed by atoms with van der Waals surface area (Å²) in [5.41, 5.74) is 11.0. The molecule has 266 valence electrons. The first-order chi connectivity index (χ1) is 23.9. The van der Waals surface area contributed by atoms with E-state index in [1.807, 2.05) is 50.2 Å². The van der Waals surface area contributed by atoms with Crippen LogP contribution in [0.1, 0.15) is 62.1 Å². The molecule has 0 aliphatic heterocycles. The van der Waals surface area contributed by atoms with Gasteiger partial charge in [-0.15, -0.1) is 7.92 Å². The Kier molecular flexibility index (Phi) is 14.0. The summed E-state index contributed by atoms with van der Waals surface area (Å²) in [7, 11) is -0.236. The second-order valence-corrected chi connectivity index (χ2v) is 15.8. The van der Waals surface area contributed by atoms with Crippen LogP contribution in [0.3, 0.4) is 0 Å². The van der Waals surface area contributed by atoms with Gasteiger partial charge in [-0.2, -0.15) is 0 Å². The van der Waals surface area contributed by atoms with Crippen molar-refractivity contribution < 1.29 is 28.8 Å². The van der Waals surface area contributed by atoms with E-state index in [9.17, 15) is 24.5 Å². The Morgan fingerprint density at radius 2 is 1.58 bits per heavy atom. The minimum absolute atomic E-state index is 0.0625. The molecular formula is C38H47N4O7P. The number of nitro benzene ring substituents is 1. The summed E-state index contributed by atoms with van der Waals surface area (Å²) in [5, 5.41) is 13.8. The van der Waals surface area contributed by atoms with Gasteiger partial charge in [-0.3, -0.25) is 24.7 Å². The smallest absolute Gasteiger partial charge is 0.407 e. The predicted molar refractivity (Wildman–Crippen MR) is 197 cm³/mol. The van der Waals surface area contributed by atoms with E-state index >= 15 is 0 Å². The number of Topliss-reactive ketones (excluding diaryl/α,β-unsaturated/α-hetero) is 1. The van der Waals surface area contributed by atoms with Gasteiger partial charge in [0.2, 0.25) is 0 Å². The Hall–Kier alpha value is -4.63. The monoisotopic (exact) mass is 702 g/mol. The number of rotatable bonds is 18. The molecule has 3 aromatic carbocycles. The fourth-order valence-corrected chi connectivity index (χ4v) is 6.94. The molecule has 11 nitrogen and oxygen atoms in total. The first-order valence-corrected chi connectivity index (χ1v) is 19.3. The maximum atomic E-state index is 13.8. The molecule has 12 heteroatoms. The second-order valence-electron chi connectivity index (χ2n) is 13.3. The lowest BCUT2D eigenvalue weighted by molar-refractivity contribution is -0.384. The van der Waals surface area contributed by atoms with Crippen molar-refractivity contribution in [1.82, 2.24) is 5.32 Å². The fourth-order valence-electron chi connectivity index (χ4n) is 6.19. The molecule has 0 heterocycles. The van der Waals surface area contributed by atoms with Crippen LogP contribution in [0.4, 0.5) is 10.5 Å². The summed E-state index contributed by atoms with van der Waals surface area (Å²) in [5.74, 6) is -1.07. The van der Waals surface area contributed by atoms with Crippen LogP contribution >= 0.6 is 7.92 Å². The molecule has 1 amide bonds. The largest absolute Gasteiger partial charge is 0.461 e. The van der Waals surface area contributed by atoms with Crippen molar-refractivity contribution >= 4 is 37.3 Å². The number of fused-ring (bicyclic) bond motifs is 3. The lowest BCUT2D eigenvalue weighted by atomic mass is 9.89. The third-order valence-corrected chi connectivity index (χ3v) is 9.49. The van der Waals surface area contributed by atoms with E-state index in [1.54, 1.807) is 0 Å². The van der Waals surface area contributed by atoms with Gasteiger partial charge in [0, 0.05) is 37.2 Å². The number of carbonyl (C=O) groups is 3. The molecule has 0 saturated carbocycles. The van der Waals surface area contributed by atoms with Crippen LogP contribution in [0, 0.1) is 22.0 Å². The number of hydrogen-bond acceptors (Lipinski definition) is 8. The third-order valence-electron chi connectivity index (χ3n) is 8.53. The first-order valence-electron chi connectivity index (χ1n) is 16.9. The summed E-state index contributed by atoms with van der Waals surface area (Å²) in [6.45, 7) is 8.56. The van der Waals surface area contributed by atoms with Gasteiger partial charge in [0.05, 0.1) is 22.7 Å². The summed E-state index contributed by atoms with van der Waals surface area (Å²) < 4.78 is 11.3. The molecule has 0 fully saturated rings. The van der Waals surface area contributed by atoms with Gasteiger partial charge in [0.1, 0.15) is 13.2 Å². The van der Waals surface area contributed by atoms with Crippen molar-refractivity contribution in [3.63, 3.8) is 0 Å². The summed E-state index contributed by atoms with van der Waals surface area (Å²) >= 11 is 0. The lowest BCUT2D eigenvalue weighted by Crippen LogP contribution is -2.43. The Morgan fingerprint density at radius 3 is 2.16 bits per heavy atom. The fraction of sp³-hybridized carbons (Fsp3) is 0.421. The van der Waals surface area contributed by atoms with Crippen molar-refractivity contribution in [3.05, 3.63) is 99.6 Å². The highest BCUT2D eigenvalue weighted by molar-refractivity contribution is 7.57. The number of ether oxygens (including phenoxy) is 2. The molecule has 0 bridgehead atoms. The Balaban J connectivity index is 1.43. The number of non-ortho nitro benzene ring substituents is 1. The topological polar surface area (TPSA) is 163 Å². The summed E-state index contributed by atoms with van der Waals surface area (Å²) in [6.07, 6.45) is 1.07. The number of nitrogens with two attached hydrogens (primary N) is 1. The zero-order valence-electron chi connectivity index (χ0n) is 29.2. The van der Waals surface area contributed by atoms with Crippen LogP contribution in [0.15, 0.2) is 77.8 Å². The third kappa shape index (κ3) is 10.9. The van der Waals surface area contributed by atoms with Crippen molar-refractivity contribution in [3.8, 4) is 11.1 Å². The van der Waals surface area contributed by atoms with Gasteiger partial charge >= 0.3 is 12.1 Å². The van der Waals surface area contributed by atoms with Crippen LogP contribution in [0.2, 0.25) is 0 Å². The standard InChI is InChI=1S/C38H47N4O7P/c1-25(2)20-27(37(44)48-22-26-15-17-28(18-16-26)42(46)47)21-35(43)34(14-9-19-40-36(39)24-50(3)4)41-38(45)49-23-33-31-12-7-5-10-29(31)30-11-6-8-13-32(30)33/h5-8,10-13,15-18,25,27,33-34H,9,14,19-24H2,1-4H3,(H2,39,40)(H,41,45)/t27-,34-/m1/s1. The van der Waals surface area contributed by atoms with E-state index in [4.69, 9.17) is 15.2 Å². The van der Waals surface area contributed by atoms with Crippen molar-refractivity contribution in [2.75, 3.05) is 32.6 Å². The molecule has 4 rings (SSSR count). The molecule has 3 N–H and O–H groups in total. The van der Waals surface area contributed by atoms with E-state index in [0.717, 1.165) is 28.4 Å². The maximum absolute atomic E-state index is 13.8. The SMILES string of the molecule is CC(C)C[C@H](CC(=O)[C@@H](CCCN=C(N)CP(C)C)NC(=O)OCC1c2ccccc2-c2ccccc21)C(=O)OCc1ccc([N+](=O)[O-])cc1. The molecule has 0 aromatic heterocycles. The normalized spacial score (nSPS) is 13.8. The number of nitro groups is 1. The molecule has 2 atom stereocenters. The number of amides is 1. The number of benzene rings is 3. The number of hydrogen-bond donors (Lipinski definition) is 2. The van der Waals surface area contributed by atoms with Crippen LogP contribution < -0.4 is 11.1 Å². The maximum Gasteiger partial charge on any atom is 0.407 e. The molecular weight excluding hydrogens is 655 g/mol. The number of esters is 1. The van der Waals surface area contributed by atoms with E-state index in [-0.39, 0.29) is 50.9 Å². The van der Waals surface area contributed by atoms with Gasteiger partial charge in [0.25, 0.3) is 5.69 Å². The molecule has 1 aliphatic rings. The summed E-state index contributed by atoms with van der Waals surface area (Å²) in [4.78, 5) is 55.3. The lowest BCUT2D eigenvalue weighted by Gasteiger charge is -2.22. The number of carbonyl (C=O) groups excluding carboxylic acids is 3. The number of amidine groups is 1. The Bertz CT molecular complexity index is 1630. The molecule has 50 heavy (non-hydrogen) atoms. The van der Waals surface area contributed by atoms with Crippen LogP contribution in [0.25, 0.3) is 11.1 Å². The van der Waals surface area contributed by atoms with Crippen LogP contribution in [-0.4, -0.2) is 67.3 Å². The van der Waals surface area contributed by atoms with Crippen molar-refractivity contribution in [1.29, 1.82) is 0 Å². The van der Waals surface area contributed by atoms with Gasteiger partial charge in [-0.25, -0.2) is 4.79 Å². The number of nitrogens with one attached hydrogen (secondary N) is 1. The van der Waals surface area contributed by atoms with Gasteiger partial charge in [-0.1, -0.05) is 62.4 Å². The average molecular weight is 703 g/mol. The quantitative estimate of drug-likeness (QED) is 0.0271. The van der Waals surface area contributed by atoms with E-state index in [1.165, 1.54) is 24.3 Å². The van der Waals surface area contributed by atoms with Crippen LogP contribution in [-0.2, 0) is 25.7 Å². The molecule has 3 aromatic rings. The number of ketones is 1. The van der Waals surface area contributed by atoms with Gasteiger partial charge < -0.3 is 20.5 Å². The van der Waals surface area contributed by atoms with Crippen LogP contribution in [0.5, 0.6) is 0 Å². The molecule has 0 spiro atoms. The minimum Gasteiger partial charge on any atom is -0.461 e. The number of nitrogens with zero attached hydrogens (tertiary/aromatic N) is 2. The summed E-state index contributed by atoms with van der Waals surface area (Å²) in [6, 6.07) is 20.9. The molecule has 0 saturated heterocycles. The molecule has 0 unspecified atom stereocenters. The number of aliphatic imine (C=N–C) groups is 1. The second kappa shape index (κ2) is 18.4. The Morgan fingerprint density at radius 1 is 0.960 bits per heavy atom. The van der Waals surface area contributed by atoms with Gasteiger partial charge in [0.15, 0.2) is 5.78 Å². The Labute approximate surface area is 294 Å². The number of alkyl carbamates (subject to hydrolysis) is 1. The molecule has 0 radical (unpaired) electrons. The van der Waals surface area contributed by atoms with Crippen molar-refractivity contribution in [2.45, 2.75) is 58.1 Å². The average Bonchev–Trinajstić information content (AvgIpc) is 3.40. The highest BCUT2D eigenvalue weighted by atomic mass is 31.1. The zero-order valence-corrected chi connectivity index (χ0v) is 30.1. The van der Waals surface area contributed by atoms with Gasteiger partial charge in [-0.05, 0) is 78.5 Å². The van der Waals surface area contributed by atoms with E-state index < -0.39 is 28.9 Å².